The number of hydrogen-bond acceptors (Lipinski definition) is 3. The fourth-order valence-corrected chi connectivity index (χ4v) is 7.50. The summed E-state index contributed by atoms with van der Waals surface area (Å²) in [5, 5.41) is 7.45. The highest BCUT2D eigenvalue weighted by atomic mass is 32.1. The van der Waals surface area contributed by atoms with Gasteiger partial charge in [0.25, 0.3) is 0 Å². The van der Waals surface area contributed by atoms with Gasteiger partial charge in [0.15, 0.2) is 5.58 Å². The normalized spacial score (nSPS) is 11.7. The molecule has 2 aromatic heterocycles. The van der Waals surface area contributed by atoms with Crippen molar-refractivity contribution in [1.29, 1.82) is 0 Å². The van der Waals surface area contributed by atoms with Crippen LogP contribution in [0.5, 0.6) is 0 Å². The van der Waals surface area contributed by atoms with E-state index in [4.69, 9.17) is 4.42 Å². The monoisotopic (exact) mass is 567 g/mol. The third kappa shape index (κ3) is 3.93. The van der Waals surface area contributed by atoms with Gasteiger partial charge in [-0.2, -0.15) is 0 Å². The van der Waals surface area contributed by atoms with Crippen LogP contribution in [-0.2, 0) is 0 Å². The van der Waals surface area contributed by atoms with E-state index in [0.717, 1.165) is 39.0 Å². The standard InChI is InChI=1S/C40H25NOS/c1-2-9-30(10-3-1)41(36-14-8-13-34-32-11-4-6-15-37(32)42-40(34)36)31-21-19-26(20-22-31)27-17-18-28-25-39-35(24-29(28)23-27)33-12-5-7-16-38(33)43-39/h1-25H. The van der Waals surface area contributed by atoms with Gasteiger partial charge in [-0.15, -0.1) is 11.3 Å². The van der Waals surface area contributed by atoms with Crippen molar-refractivity contribution >= 4 is 81.3 Å². The fraction of sp³-hybridized carbons (Fsp3) is 0. The third-order valence-electron chi connectivity index (χ3n) is 8.43. The van der Waals surface area contributed by atoms with Crippen molar-refractivity contribution in [2.45, 2.75) is 0 Å². The second-order valence-corrected chi connectivity index (χ2v) is 12.1. The molecule has 0 saturated carbocycles. The molecule has 3 heteroatoms. The zero-order chi connectivity index (χ0) is 28.3. The number of nitrogens with zero attached hydrogens (tertiary/aromatic N) is 1. The molecule has 2 heterocycles. The van der Waals surface area contributed by atoms with E-state index in [-0.39, 0.29) is 0 Å². The molecule has 0 aliphatic carbocycles. The molecule has 0 fully saturated rings. The quantitative estimate of drug-likeness (QED) is 0.210. The number of furan rings is 1. The molecule has 43 heavy (non-hydrogen) atoms. The lowest BCUT2D eigenvalue weighted by atomic mass is 9.99. The minimum atomic E-state index is 0.887. The predicted octanol–water partition coefficient (Wildman–Crippen LogP) is 12.2. The molecule has 0 unspecified atom stereocenters. The molecule has 2 nitrogen and oxygen atoms in total. The van der Waals surface area contributed by atoms with E-state index in [1.54, 1.807) is 0 Å². The lowest BCUT2D eigenvalue weighted by Gasteiger charge is -2.25. The first kappa shape index (κ1) is 24.2. The molecule has 202 valence electrons. The smallest absolute Gasteiger partial charge is 0.159 e. The summed E-state index contributed by atoms with van der Waals surface area (Å²) in [6.07, 6.45) is 0. The summed E-state index contributed by atoms with van der Waals surface area (Å²) in [5.74, 6) is 0. The molecule has 9 rings (SSSR count). The summed E-state index contributed by atoms with van der Waals surface area (Å²) in [7, 11) is 0. The summed E-state index contributed by atoms with van der Waals surface area (Å²) in [5.41, 5.74) is 7.37. The number of hydrogen-bond donors (Lipinski definition) is 0. The summed E-state index contributed by atoms with van der Waals surface area (Å²) in [6.45, 7) is 0. The van der Waals surface area contributed by atoms with E-state index < -0.39 is 0 Å². The van der Waals surface area contributed by atoms with E-state index in [2.05, 4.69) is 144 Å². The summed E-state index contributed by atoms with van der Waals surface area (Å²) < 4.78 is 9.13. The Balaban J connectivity index is 1.15. The van der Waals surface area contributed by atoms with E-state index >= 15 is 0 Å². The summed E-state index contributed by atoms with van der Waals surface area (Å²) in [4.78, 5) is 2.29. The highest BCUT2D eigenvalue weighted by molar-refractivity contribution is 7.25. The molecular weight excluding hydrogens is 543 g/mol. The Kier molecular flexibility index (Phi) is 5.40. The first-order chi connectivity index (χ1) is 21.3. The average Bonchev–Trinajstić information content (AvgIpc) is 3.63. The number of benzene rings is 7. The Morgan fingerprint density at radius 2 is 1.16 bits per heavy atom. The zero-order valence-electron chi connectivity index (χ0n) is 23.2. The van der Waals surface area contributed by atoms with Crippen molar-refractivity contribution in [3.63, 3.8) is 0 Å². The molecule has 0 amide bonds. The Morgan fingerprint density at radius 1 is 0.442 bits per heavy atom. The molecule has 0 atom stereocenters. The number of para-hydroxylation sites is 3. The van der Waals surface area contributed by atoms with Gasteiger partial charge in [-0.1, -0.05) is 91.0 Å². The van der Waals surface area contributed by atoms with Crippen LogP contribution >= 0.6 is 11.3 Å². The zero-order valence-corrected chi connectivity index (χ0v) is 24.0. The maximum absolute atomic E-state index is 6.45. The third-order valence-corrected chi connectivity index (χ3v) is 9.57. The highest BCUT2D eigenvalue weighted by Gasteiger charge is 2.19. The summed E-state index contributed by atoms with van der Waals surface area (Å²) >= 11 is 1.87. The Morgan fingerprint density at radius 3 is 2.05 bits per heavy atom. The molecule has 0 saturated heterocycles. The van der Waals surface area contributed by atoms with Crippen LogP contribution in [0.4, 0.5) is 17.1 Å². The fourth-order valence-electron chi connectivity index (χ4n) is 6.36. The second-order valence-electron chi connectivity index (χ2n) is 11.0. The predicted molar refractivity (Wildman–Crippen MR) is 184 cm³/mol. The topological polar surface area (TPSA) is 16.4 Å². The molecule has 0 spiro atoms. The van der Waals surface area contributed by atoms with Crippen molar-refractivity contribution in [1.82, 2.24) is 0 Å². The van der Waals surface area contributed by atoms with Crippen molar-refractivity contribution in [2.75, 3.05) is 4.90 Å². The maximum atomic E-state index is 6.45. The van der Waals surface area contributed by atoms with Crippen molar-refractivity contribution in [2.24, 2.45) is 0 Å². The van der Waals surface area contributed by atoms with E-state index in [0.29, 0.717) is 0 Å². The lowest BCUT2D eigenvalue weighted by Crippen LogP contribution is -2.10. The molecule has 9 aromatic rings. The number of rotatable bonds is 4. The number of thiophene rings is 1. The molecule has 7 aromatic carbocycles. The largest absolute Gasteiger partial charge is 0.454 e. The highest BCUT2D eigenvalue weighted by Crippen LogP contribution is 2.42. The minimum Gasteiger partial charge on any atom is -0.454 e. The Hall–Kier alpha value is -5.38. The Bertz CT molecular complexity index is 2450. The van der Waals surface area contributed by atoms with Gasteiger partial charge in [0.1, 0.15) is 5.58 Å². The molecular formula is C40H25NOS. The van der Waals surface area contributed by atoms with Crippen molar-refractivity contribution in [3.05, 3.63) is 152 Å². The first-order valence-corrected chi connectivity index (χ1v) is 15.3. The molecule has 0 bridgehead atoms. The van der Waals surface area contributed by atoms with Crippen LogP contribution in [0.25, 0.3) is 64.0 Å². The van der Waals surface area contributed by atoms with Gasteiger partial charge in [0, 0.05) is 42.3 Å². The second kappa shape index (κ2) is 9.59. The van der Waals surface area contributed by atoms with Crippen LogP contribution in [0, 0.1) is 0 Å². The molecule has 0 aliphatic rings. The first-order valence-electron chi connectivity index (χ1n) is 14.5. The summed E-state index contributed by atoms with van der Waals surface area (Å²) in [6, 6.07) is 54.2. The van der Waals surface area contributed by atoms with Gasteiger partial charge in [-0.05, 0) is 82.6 Å². The van der Waals surface area contributed by atoms with Crippen LogP contribution in [-0.4, -0.2) is 0 Å². The number of fused-ring (bicyclic) bond motifs is 7. The van der Waals surface area contributed by atoms with E-state index in [1.807, 2.05) is 23.5 Å². The molecule has 0 aliphatic heterocycles. The van der Waals surface area contributed by atoms with Crippen LogP contribution in [0.2, 0.25) is 0 Å². The van der Waals surface area contributed by atoms with Gasteiger partial charge >= 0.3 is 0 Å². The SMILES string of the molecule is c1ccc(N(c2ccc(-c3ccc4cc5sc6ccccc6c5cc4c3)cc2)c2cccc3c2oc2ccccc23)cc1. The van der Waals surface area contributed by atoms with Crippen LogP contribution in [0.15, 0.2) is 156 Å². The van der Waals surface area contributed by atoms with Crippen LogP contribution in [0.1, 0.15) is 0 Å². The van der Waals surface area contributed by atoms with Crippen LogP contribution < -0.4 is 4.90 Å². The van der Waals surface area contributed by atoms with E-state index in [9.17, 15) is 0 Å². The van der Waals surface area contributed by atoms with Crippen LogP contribution in [0.3, 0.4) is 0 Å². The number of anilines is 3. The van der Waals surface area contributed by atoms with Crippen molar-refractivity contribution in [3.8, 4) is 11.1 Å². The van der Waals surface area contributed by atoms with Gasteiger partial charge in [-0.3, -0.25) is 0 Å². The van der Waals surface area contributed by atoms with Crippen molar-refractivity contribution < 1.29 is 4.42 Å². The minimum absolute atomic E-state index is 0.887. The lowest BCUT2D eigenvalue weighted by molar-refractivity contribution is 0.669. The van der Waals surface area contributed by atoms with E-state index in [1.165, 1.54) is 42.1 Å². The molecule has 0 N–H and O–H groups in total. The van der Waals surface area contributed by atoms with Gasteiger partial charge in [-0.25, -0.2) is 0 Å². The van der Waals surface area contributed by atoms with Gasteiger partial charge < -0.3 is 9.32 Å². The van der Waals surface area contributed by atoms with Gasteiger partial charge in [0.05, 0.1) is 5.69 Å². The Labute approximate surface area is 252 Å². The molecule has 0 radical (unpaired) electrons. The maximum Gasteiger partial charge on any atom is 0.159 e. The average molecular weight is 568 g/mol. The van der Waals surface area contributed by atoms with Gasteiger partial charge in [0.2, 0.25) is 0 Å².